The van der Waals surface area contributed by atoms with Gasteiger partial charge in [-0.25, -0.2) is 4.98 Å². The van der Waals surface area contributed by atoms with Crippen LogP contribution in [0, 0.1) is 11.8 Å². The third-order valence-electron chi connectivity index (χ3n) is 5.14. The maximum atomic E-state index is 12.5. The van der Waals surface area contributed by atoms with E-state index in [4.69, 9.17) is 0 Å². The van der Waals surface area contributed by atoms with Gasteiger partial charge in [-0.05, 0) is 42.7 Å². The minimum atomic E-state index is -0.149. The lowest BCUT2D eigenvalue weighted by Crippen LogP contribution is -2.27. The van der Waals surface area contributed by atoms with Crippen LogP contribution >= 0.6 is 11.3 Å². The summed E-state index contributed by atoms with van der Waals surface area (Å²) < 4.78 is 1.16. The van der Waals surface area contributed by atoms with Crippen molar-refractivity contribution in [2.45, 2.75) is 26.2 Å². The smallest absolute Gasteiger partial charge is 0.251 e. The van der Waals surface area contributed by atoms with Gasteiger partial charge in [-0.2, -0.15) is 0 Å². The molecule has 0 radical (unpaired) electrons. The van der Waals surface area contributed by atoms with Gasteiger partial charge in [-0.3, -0.25) is 9.59 Å². The summed E-state index contributed by atoms with van der Waals surface area (Å²) in [5.41, 5.74) is 2.20. The Labute approximate surface area is 168 Å². The number of anilines is 1. The number of fused-ring (bicyclic) bond motifs is 1. The van der Waals surface area contributed by atoms with Gasteiger partial charge in [0.05, 0.1) is 15.2 Å². The summed E-state index contributed by atoms with van der Waals surface area (Å²) in [4.78, 5) is 29.3. The second-order valence-corrected chi connectivity index (χ2v) is 8.58. The fourth-order valence-electron chi connectivity index (χ4n) is 3.20. The first-order chi connectivity index (χ1) is 13.5. The molecule has 1 aliphatic rings. The molecule has 1 aromatic heterocycles. The summed E-state index contributed by atoms with van der Waals surface area (Å²) in [6.07, 6.45) is 0.940. The zero-order valence-electron chi connectivity index (χ0n) is 15.9. The summed E-state index contributed by atoms with van der Waals surface area (Å²) in [6, 6.07) is 15.1. The van der Waals surface area contributed by atoms with E-state index in [1.807, 2.05) is 24.3 Å². The summed E-state index contributed by atoms with van der Waals surface area (Å²) in [5.74, 6) is 0.571. The van der Waals surface area contributed by atoms with E-state index < -0.39 is 0 Å². The molecule has 28 heavy (non-hydrogen) atoms. The number of amides is 2. The minimum Gasteiger partial charge on any atom is -0.351 e. The van der Waals surface area contributed by atoms with Gasteiger partial charge in [0.1, 0.15) is 0 Å². The number of para-hydroxylation sites is 1. The molecule has 144 valence electrons. The zero-order chi connectivity index (χ0) is 19.7. The van der Waals surface area contributed by atoms with Crippen LogP contribution in [0.1, 0.15) is 41.6 Å². The Morgan fingerprint density at radius 2 is 2.00 bits per heavy atom. The maximum Gasteiger partial charge on any atom is 0.251 e. The Hall–Kier alpha value is -2.73. The van der Waals surface area contributed by atoms with Crippen LogP contribution in [0.2, 0.25) is 0 Å². The second kappa shape index (κ2) is 7.72. The van der Waals surface area contributed by atoms with Crippen molar-refractivity contribution in [1.82, 2.24) is 10.3 Å². The van der Waals surface area contributed by atoms with E-state index in [9.17, 15) is 9.59 Å². The molecule has 1 aliphatic carbocycles. The van der Waals surface area contributed by atoms with Crippen molar-refractivity contribution in [1.29, 1.82) is 0 Å². The number of nitrogens with zero attached hydrogens (tertiary/aromatic N) is 1. The van der Waals surface area contributed by atoms with Gasteiger partial charge in [0.25, 0.3) is 5.91 Å². The molecule has 0 spiro atoms. The highest BCUT2D eigenvalue weighted by atomic mass is 32.1. The first-order valence-corrected chi connectivity index (χ1v) is 10.4. The van der Waals surface area contributed by atoms with E-state index in [2.05, 4.69) is 35.5 Å². The lowest BCUT2D eigenvalue weighted by molar-refractivity contribution is -0.117. The lowest BCUT2D eigenvalue weighted by Gasteiger charge is -2.11. The molecule has 4 rings (SSSR count). The van der Waals surface area contributed by atoms with Gasteiger partial charge >= 0.3 is 0 Å². The topological polar surface area (TPSA) is 71.1 Å². The van der Waals surface area contributed by atoms with E-state index in [0.29, 0.717) is 23.7 Å². The number of carbonyl (C=O) groups excluding carboxylic acids is 2. The highest BCUT2D eigenvalue weighted by Crippen LogP contribution is 2.38. The van der Waals surface area contributed by atoms with Crippen LogP contribution in [0.15, 0.2) is 48.5 Å². The van der Waals surface area contributed by atoms with Crippen molar-refractivity contribution < 1.29 is 9.59 Å². The molecule has 1 heterocycles. The second-order valence-electron chi connectivity index (χ2n) is 7.52. The van der Waals surface area contributed by atoms with Crippen LogP contribution in [0.5, 0.6) is 0 Å². The molecule has 1 fully saturated rings. The van der Waals surface area contributed by atoms with Gasteiger partial charge in [-0.15, -0.1) is 11.3 Å². The molecular formula is C22H23N3O2S. The van der Waals surface area contributed by atoms with Gasteiger partial charge in [-0.1, -0.05) is 32.0 Å². The molecule has 0 saturated heterocycles. The van der Waals surface area contributed by atoms with Crippen LogP contribution < -0.4 is 10.6 Å². The Bertz CT molecular complexity index is 996. The fourth-order valence-corrected chi connectivity index (χ4v) is 4.22. The fraction of sp³-hybridized carbons (Fsp3) is 0.318. The molecule has 2 amide bonds. The first kappa shape index (κ1) is 18.6. The predicted molar refractivity (Wildman–Crippen MR) is 113 cm³/mol. The van der Waals surface area contributed by atoms with Crippen molar-refractivity contribution >= 4 is 39.1 Å². The zero-order valence-corrected chi connectivity index (χ0v) is 16.8. The van der Waals surface area contributed by atoms with Crippen molar-refractivity contribution in [3.63, 3.8) is 0 Å². The monoisotopic (exact) mass is 393 g/mol. The Balaban J connectivity index is 1.36. The van der Waals surface area contributed by atoms with E-state index in [1.165, 1.54) is 0 Å². The number of carbonyl (C=O) groups is 2. The molecule has 5 nitrogen and oxygen atoms in total. The van der Waals surface area contributed by atoms with E-state index in [0.717, 1.165) is 21.6 Å². The molecule has 2 N–H and O–H groups in total. The Morgan fingerprint density at radius 1 is 1.21 bits per heavy atom. The third-order valence-corrected chi connectivity index (χ3v) is 6.41. The van der Waals surface area contributed by atoms with Gasteiger partial charge in [0.15, 0.2) is 0 Å². The minimum absolute atomic E-state index is 0.0366. The Kier molecular flexibility index (Phi) is 5.13. The molecular weight excluding hydrogens is 370 g/mol. The first-order valence-electron chi connectivity index (χ1n) is 9.56. The van der Waals surface area contributed by atoms with E-state index in [1.54, 1.807) is 29.5 Å². The molecule has 2 aromatic carbocycles. The van der Waals surface area contributed by atoms with Crippen molar-refractivity contribution in [2.24, 2.45) is 11.8 Å². The van der Waals surface area contributed by atoms with Crippen LogP contribution in [0.3, 0.4) is 0 Å². The summed E-state index contributed by atoms with van der Waals surface area (Å²) in [5, 5.41) is 6.90. The molecule has 0 bridgehead atoms. The predicted octanol–water partition coefficient (Wildman–Crippen LogP) is 4.42. The van der Waals surface area contributed by atoms with E-state index >= 15 is 0 Å². The van der Waals surface area contributed by atoms with Crippen LogP contribution in [0.25, 0.3) is 10.2 Å². The molecule has 1 saturated carbocycles. The Morgan fingerprint density at radius 3 is 2.75 bits per heavy atom. The molecule has 3 aromatic rings. The van der Waals surface area contributed by atoms with Crippen LogP contribution in [-0.2, 0) is 4.79 Å². The standard InChI is InChI=1S/C22H23N3O2S/c1-13-10-17(13)21(27)24-16-7-5-6-15(11-16)20(26)23-12-14(2)22-25-18-8-3-4-9-19(18)28-22/h3-9,11,13-14,17H,10,12H2,1-2H3,(H,23,26)(H,24,27). The largest absolute Gasteiger partial charge is 0.351 e. The highest BCUT2D eigenvalue weighted by Gasteiger charge is 2.39. The number of thiazole rings is 1. The average Bonchev–Trinajstić information content (AvgIpc) is 3.27. The number of rotatable bonds is 6. The molecule has 6 heteroatoms. The van der Waals surface area contributed by atoms with Gasteiger partial charge < -0.3 is 10.6 Å². The maximum absolute atomic E-state index is 12.5. The molecule has 3 atom stereocenters. The quantitative estimate of drug-likeness (QED) is 0.651. The molecule has 0 aliphatic heterocycles. The van der Waals surface area contributed by atoms with Crippen molar-refractivity contribution in [2.75, 3.05) is 11.9 Å². The van der Waals surface area contributed by atoms with E-state index in [-0.39, 0.29) is 23.7 Å². The van der Waals surface area contributed by atoms with Gasteiger partial charge in [0, 0.05) is 29.6 Å². The summed E-state index contributed by atoms with van der Waals surface area (Å²) in [7, 11) is 0. The average molecular weight is 394 g/mol. The van der Waals surface area contributed by atoms with Gasteiger partial charge in [0.2, 0.25) is 5.91 Å². The summed E-state index contributed by atoms with van der Waals surface area (Å²) in [6.45, 7) is 4.64. The SMILES string of the molecule is CC(CNC(=O)c1cccc(NC(=O)C2CC2C)c1)c1nc2ccccc2s1. The van der Waals surface area contributed by atoms with Crippen LogP contribution in [-0.4, -0.2) is 23.3 Å². The number of hydrogen-bond donors (Lipinski definition) is 2. The van der Waals surface area contributed by atoms with Crippen LogP contribution in [0.4, 0.5) is 5.69 Å². The number of nitrogens with one attached hydrogen (secondary N) is 2. The van der Waals surface area contributed by atoms with Crippen molar-refractivity contribution in [3.05, 3.63) is 59.1 Å². The number of aromatic nitrogens is 1. The lowest BCUT2D eigenvalue weighted by atomic mass is 10.1. The third kappa shape index (κ3) is 4.07. The van der Waals surface area contributed by atoms with Crippen molar-refractivity contribution in [3.8, 4) is 0 Å². The number of benzene rings is 2. The summed E-state index contributed by atoms with van der Waals surface area (Å²) >= 11 is 1.66. The molecule has 3 unspecified atom stereocenters. The number of hydrogen-bond acceptors (Lipinski definition) is 4. The normalized spacial score (nSPS) is 19.2. The highest BCUT2D eigenvalue weighted by molar-refractivity contribution is 7.18.